The Morgan fingerprint density at radius 2 is 1.94 bits per heavy atom. The highest BCUT2D eigenvalue weighted by atomic mass is 79.9. The lowest BCUT2D eigenvalue weighted by Crippen LogP contribution is -1.96. The van der Waals surface area contributed by atoms with Crippen LogP contribution in [0.4, 0.5) is 17.1 Å². The summed E-state index contributed by atoms with van der Waals surface area (Å²) in [5.41, 5.74) is 8.39. The van der Waals surface area contributed by atoms with Crippen LogP contribution in [-0.4, -0.2) is 7.11 Å². The molecule has 0 fully saturated rings. The standard InChI is InChI=1S/C13H13BrN2O/c1-17-11-7-9(14)6-10(8-11)16-13-5-3-2-4-12(13)15/h2-8,16H,15H2,1H3. The Hall–Kier alpha value is -1.68. The summed E-state index contributed by atoms with van der Waals surface area (Å²) in [4.78, 5) is 0. The summed E-state index contributed by atoms with van der Waals surface area (Å²) in [5, 5.41) is 3.25. The molecule has 2 rings (SSSR count). The summed E-state index contributed by atoms with van der Waals surface area (Å²) in [6, 6.07) is 13.4. The summed E-state index contributed by atoms with van der Waals surface area (Å²) in [7, 11) is 1.64. The maximum Gasteiger partial charge on any atom is 0.122 e. The second kappa shape index (κ2) is 5.10. The third kappa shape index (κ3) is 2.91. The van der Waals surface area contributed by atoms with Gasteiger partial charge in [-0.1, -0.05) is 28.1 Å². The quantitative estimate of drug-likeness (QED) is 0.847. The Morgan fingerprint density at radius 1 is 1.18 bits per heavy atom. The number of benzene rings is 2. The van der Waals surface area contributed by atoms with E-state index in [-0.39, 0.29) is 0 Å². The van der Waals surface area contributed by atoms with Crippen molar-refractivity contribution in [2.24, 2.45) is 0 Å². The summed E-state index contributed by atoms with van der Waals surface area (Å²) in [6.07, 6.45) is 0. The summed E-state index contributed by atoms with van der Waals surface area (Å²) >= 11 is 3.43. The Labute approximate surface area is 109 Å². The van der Waals surface area contributed by atoms with E-state index in [1.165, 1.54) is 0 Å². The molecule has 0 aliphatic rings. The maximum absolute atomic E-state index is 5.87. The molecular formula is C13H13BrN2O. The number of para-hydroxylation sites is 2. The van der Waals surface area contributed by atoms with Crippen molar-refractivity contribution >= 4 is 33.0 Å². The molecule has 0 saturated carbocycles. The SMILES string of the molecule is COc1cc(Br)cc(Nc2ccccc2N)c1. The molecule has 0 aliphatic carbocycles. The predicted octanol–water partition coefficient (Wildman–Crippen LogP) is 3.78. The molecular weight excluding hydrogens is 280 g/mol. The van der Waals surface area contributed by atoms with Crippen molar-refractivity contribution in [3.05, 3.63) is 46.9 Å². The van der Waals surface area contributed by atoms with E-state index in [1.54, 1.807) is 7.11 Å². The molecule has 0 heterocycles. The maximum atomic E-state index is 5.87. The number of hydrogen-bond acceptors (Lipinski definition) is 3. The van der Waals surface area contributed by atoms with E-state index < -0.39 is 0 Å². The van der Waals surface area contributed by atoms with Crippen molar-refractivity contribution in [1.82, 2.24) is 0 Å². The summed E-state index contributed by atoms with van der Waals surface area (Å²) in [6.45, 7) is 0. The smallest absolute Gasteiger partial charge is 0.122 e. The van der Waals surface area contributed by atoms with Gasteiger partial charge in [-0.25, -0.2) is 0 Å². The second-order valence-corrected chi connectivity index (χ2v) is 4.51. The molecule has 0 aromatic heterocycles. The molecule has 4 heteroatoms. The van der Waals surface area contributed by atoms with Gasteiger partial charge in [0.2, 0.25) is 0 Å². The van der Waals surface area contributed by atoms with Gasteiger partial charge in [-0.05, 0) is 24.3 Å². The van der Waals surface area contributed by atoms with Gasteiger partial charge >= 0.3 is 0 Å². The lowest BCUT2D eigenvalue weighted by Gasteiger charge is -2.10. The molecule has 0 spiro atoms. The topological polar surface area (TPSA) is 47.3 Å². The first-order valence-electron chi connectivity index (χ1n) is 5.15. The van der Waals surface area contributed by atoms with Gasteiger partial charge in [0.15, 0.2) is 0 Å². The van der Waals surface area contributed by atoms with Crippen LogP contribution in [0.5, 0.6) is 5.75 Å². The molecule has 88 valence electrons. The first-order chi connectivity index (χ1) is 8.19. The molecule has 3 nitrogen and oxygen atoms in total. The van der Waals surface area contributed by atoms with Gasteiger partial charge < -0.3 is 15.8 Å². The van der Waals surface area contributed by atoms with Crippen LogP contribution in [0.15, 0.2) is 46.9 Å². The van der Waals surface area contributed by atoms with E-state index in [4.69, 9.17) is 10.5 Å². The average molecular weight is 293 g/mol. The van der Waals surface area contributed by atoms with E-state index in [0.717, 1.165) is 21.6 Å². The number of rotatable bonds is 3. The molecule has 0 unspecified atom stereocenters. The molecule has 0 saturated heterocycles. The molecule has 3 N–H and O–H groups in total. The number of methoxy groups -OCH3 is 1. The van der Waals surface area contributed by atoms with Crippen LogP contribution in [0.2, 0.25) is 0 Å². The zero-order valence-electron chi connectivity index (χ0n) is 9.41. The van der Waals surface area contributed by atoms with E-state index in [1.807, 2.05) is 42.5 Å². The predicted molar refractivity (Wildman–Crippen MR) is 74.8 cm³/mol. The molecule has 0 bridgehead atoms. The monoisotopic (exact) mass is 292 g/mol. The zero-order chi connectivity index (χ0) is 12.3. The van der Waals surface area contributed by atoms with Crippen LogP contribution in [0.25, 0.3) is 0 Å². The molecule has 0 radical (unpaired) electrons. The number of hydrogen-bond donors (Lipinski definition) is 2. The highest BCUT2D eigenvalue weighted by Gasteiger charge is 2.02. The fourth-order valence-corrected chi connectivity index (χ4v) is 1.99. The minimum Gasteiger partial charge on any atom is -0.497 e. The van der Waals surface area contributed by atoms with Crippen LogP contribution in [0.1, 0.15) is 0 Å². The van der Waals surface area contributed by atoms with Crippen molar-refractivity contribution in [1.29, 1.82) is 0 Å². The van der Waals surface area contributed by atoms with Crippen molar-refractivity contribution in [3.8, 4) is 5.75 Å². The van der Waals surface area contributed by atoms with Crippen molar-refractivity contribution in [3.63, 3.8) is 0 Å². The van der Waals surface area contributed by atoms with E-state index >= 15 is 0 Å². The van der Waals surface area contributed by atoms with E-state index in [0.29, 0.717) is 5.69 Å². The van der Waals surface area contributed by atoms with Crippen LogP contribution in [-0.2, 0) is 0 Å². The summed E-state index contributed by atoms with van der Waals surface area (Å²) < 4.78 is 6.16. The molecule has 0 amide bonds. The number of ether oxygens (including phenoxy) is 1. The Bertz CT molecular complexity index is 529. The van der Waals surface area contributed by atoms with Crippen molar-refractivity contribution in [2.45, 2.75) is 0 Å². The van der Waals surface area contributed by atoms with Gasteiger partial charge in [0.1, 0.15) is 5.75 Å². The van der Waals surface area contributed by atoms with Crippen LogP contribution in [0, 0.1) is 0 Å². The van der Waals surface area contributed by atoms with Gasteiger partial charge in [0, 0.05) is 16.2 Å². The van der Waals surface area contributed by atoms with E-state index in [9.17, 15) is 0 Å². The minimum absolute atomic E-state index is 0.714. The van der Waals surface area contributed by atoms with Crippen LogP contribution >= 0.6 is 15.9 Å². The van der Waals surface area contributed by atoms with E-state index in [2.05, 4.69) is 21.2 Å². The molecule has 0 aliphatic heterocycles. The lowest BCUT2D eigenvalue weighted by molar-refractivity contribution is 0.415. The number of nitrogens with two attached hydrogens (primary N) is 1. The fourth-order valence-electron chi connectivity index (χ4n) is 1.52. The highest BCUT2D eigenvalue weighted by Crippen LogP contribution is 2.28. The highest BCUT2D eigenvalue weighted by molar-refractivity contribution is 9.10. The normalized spacial score (nSPS) is 10.0. The Kier molecular flexibility index (Phi) is 3.54. The van der Waals surface area contributed by atoms with Gasteiger partial charge in [-0.15, -0.1) is 0 Å². The van der Waals surface area contributed by atoms with Crippen LogP contribution in [0.3, 0.4) is 0 Å². The number of anilines is 3. The first-order valence-corrected chi connectivity index (χ1v) is 5.94. The van der Waals surface area contributed by atoms with Crippen LogP contribution < -0.4 is 15.8 Å². The van der Waals surface area contributed by atoms with Gasteiger partial charge in [-0.3, -0.25) is 0 Å². The third-order valence-corrected chi connectivity index (χ3v) is 2.80. The zero-order valence-corrected chi connectivity index (χ0v) is 11.0. The largest absolute Gasteiger partial charge is 0.497 e. The first kappa shape index (κ1) is 11.8. The molecule has 2 aromatic rings. The van der Waals surface area contributed by atoms with Crippen molar-refractivity contribution in [2.75, 3.05) is 18.2 Å². The third-order valence-electron chi connectivity index (χ3n) is 2.35. The summed E-state index contributed by atoms with van der Waals surface area (Å²) in [5.74, 6) is 0.788. The van der Waals surface area contributed by atoms with Gasteiger partial charge in [0.05, 0.1) is 18.5 Å². The average Bonchev–Trinajstić information content (AvgIpc) is 2.31. The van der Waals surface area contributed by atoms with Gasteiger partial charge in [-0.2, -0.15) is 0 Å². The van der Waals surface area contributed by atoms with Crippen molar-refractivity contribution < 1.29 is 4.74 Å². The molecule has 17 heavy (non-hydrogen) atoms. The number of nitrogens with one attached hydrogen (secondary N) is 1. The number of halogens is 1. The minimum atomic E-state index is 0.714. The lowest BCUT2D eigenvalue weighted by atomic mass is 10.2. The molecule has 2 aromatic carbocycles. The second-order valence-electron chi connectivity index (χ2n) is 3.59. The Morgan fingerprint density at radius 3 is 2.65 bits per heavy atom. The van der Waals surface area contributed by atoms with Gasteiger partial charge in [0.25, 0.3) is 0 Å². The molecule has 0 atom stereocenters. The Balaban J connectivity index is 2.30. The number of nitrogen functional groups attached to an aromatic ring is 1. The fraction of sp³-hybridized carbons (Fsp3) is 0.0769.